The maximum absolute atomic E-state index is 13.5. The van der Waals surface area contributed by atoms with Crippen molar-refractivity contribution in [1.29, 1.82) is 5.26 Å². The number of anilines is 1. The molecule has 0 radical (unpaired) electrons. The minimum absolute atomic E-state index is 0.0659. The van der Waals surface area contributed by atoms with Crippen molar-refractivity contribution in [3.05, 3.63) is 52.0 Å². The first-order chi connectivity index (χ1) is 9.63. The lowest BCUT2D eigenvalue weighted by Crippen LogP contribution is -2.26. The Kier molecular flexibility index (Phi) is 4.72. The molecule has 2 aromatic rings. The van der Waals surface area contributed by atoms with E-state index in [0.29, 0.717) is 12.2 Å². The molecule has 0 amide bonds. The van der Waals surface area contributed by atoms with Gasteiger partial charge in [0.2, 0.25) is 0 Å². The first-order valence-corrected chi connectivity index (χ1v) is 7.13. The number of hydrogen-bond acceptors (Lipinski definition) is 4. The zero-order valence-corrected chi connectivity index (χ0v) is 12.2. The van der Waals surface area contributed by atoms with Crippen molar-refractivity contribution < 1.29 is 4.39 Å². The summed E-state index contributed by atoms with van der Waals surface area (Å²) in [6.07, 6.45) is 0. The van der Waals surface area contributed by atoms with Gasteiger partial charge in [0.05, 0.1) is 11.7 Å². The molecule has 1 atom stereocenters. The molecule has 1 N–H and O–H groups in total. The Morgan fingerprint density at radius 3 is 2.75 bits per heavy atom. The normalized spacial score (nSPS) is 12.2. The van der Waals surface area contributed by atoms with Crippen LogP contribution in [0.1, 0.15) is 16.5 Å². The molecule has 0 saturated heterocycles. The second kappa shape index (κ2) is 6.51. The topological polar surface area (TPSA) is 39.1 Å². The van der Waals surface area contributed by atoms with Gasteiger partial charge in [0.1, 0.15) is 17.4 Å². The van der Waals surface area contributed by atoms with E-state index >= 15 is 0 Å². The Balaban J connectivity index is 2.15. The van der Waals surface area contributed by atoms with Crippen LogP contribution in [0.15, 0.2) is 35.7 Å². The third kappa shape index (κ3) is 3.16. The fraction of sp³-hybridized carbons (Fsp3) is 0.267. The largest absolute Gasteiger partial charge is 0.382 e. The summed E-state index contributed by atoms with van der Waals surface area (Å²) in [5, 5.41) is 14.2. The minimum Gasteiger partial charge on any atom is -0.382 e. The van der Waals surface area contributed by atoms with Gasteiger partial charge >= 0.3 is 0 Å². The van der Waals surface area contributed by atoms with E-state index < -0.39 is 5.82 Å². The maximum atomic E-state index is 13.5. The highest BCUT2D eigenvalue weighted by atomic mass is 32.1. The van der Waals surface area contributed by atoms with Crippen LogP contribution in [0.4, 0.5) is 10.1 Å². The molecule has 1 aromatic carbocycles. The summed E-state index contributed by atoms with van der Waals surface area (Å²) in [6.45, 7) is 0.617. The molecule has 0 fully saturated rings. The van der Waals surface area contributed by atoms with Crippen LogP contribution >= 0.6 is 11.3 Å². The van der Waals surface area contributed by atoms with Gasteiger partial charge in [0.25, 0.3) is 0 Å². The summed E-state index contributed by atoms with van der Waals surface area (Å²) in [6, 6.07) is 10.8. The highest BCUT2D eigenvalue weighted by Crippen LogP contribution is 2.25. The van der Waals surface area contributed by atoms with Crippen molar-refractivity contribution in [2.24, 2.45) is 0 Å². The molecule has 0 saturated carbocycles. The molecule has 1 unspecified atom stereocenters. The van der Waals surface area contributed by atoms with Gasteiger partial charge in [0.15, 0.2) is 0 Å². The van der Waals surface area contributed by atoms with E-state index in [-0.39, 0.29) is 11.6 Å². The zero-order valence-electron chi connectivity index (χ0n) is 11.4. The van der Waals surface area contributed by atoms with E-state index in [0.717, 1.165) is 0 Å². The van der Waals surface area contributed by atoms with E-state index in [1.807, 2.05) is 31.6 Å². The molecule has 0 spiro atoms. The Morgan fingerprint density at radius 1 is 1.35 bits per heavy atom. The van der Waals surface area contributed by atoms with Crippen LogP contribution in [0.2, 0.25) is 0 Å². The van der Waals surface area contributed by atoms with E-state index in [2.05, 4.69) is 16.3 Å². The number of nitriles is 1. The number of rotatable bonds is 5. The maximum Gasteiger partial charge on any atom is 0.143 e. The number of halogens is 1. The Morgan fingerprint density at radius 2 is 2.15 bits per heavy atom. The van der Waals surface area contributed by atoms with Gasteiger partial charge in [-0.25, -0.2) is 4.39 Å². The number of nitrogens with one attached hydrogen (secondary N) is 1. The molecule has 5 heteroatoms. The third-order valence-corrected chi connectivity index (χ3v) is 4.08. The molecular formula is C15H16FN3S. The number of benzene rings is 1. The Bertz CT molecular complexity index is 602. The summed E-state index contributed by atoms with van der Waals surface area (Å²) < 4.78 is 13.5. The molecule has 1 aromatic heterocycles. The predicted molar refractivity (Wildman–Crippen MR) is 80.4 cm³/mol. The Labute approximate surface area is 122 Å². The van der Waals surface area contributed by atoms with Gasteiger partial charge < -0.3 is 10.2 Å². The van der Waals surface area contributed by atoms with Crippen LogP contribution in [0.5, 0.6) is 0 Å². The SMILES string of the molecule is CN(C)C(CNc1cccc(F)c1C#N)c1cccs1. The highest BCUT2D eigenvalue weighted by molar-refractivity contribution is 7.10. The van der Waals surface area contributed by atoms with Gasteiger partial charge in [-0.2, -0.15) is 5.26 Å². The zero-order chi connectivity index (χ0) is 14.5. The van der Waals surface area contributed by atoms with Gasteiger partial charge in [-0.1, -0.05) is 12.1 Å². The smallest absolute Gasteiger partial charge is 0.143 e. The molecule has 20 heavy (non-hydrogen) atoms. The van der Waals surface area contributed by atoms with E-state index in [9.17, 15) is 4.39 Å². The molecule has 0 aliphatic rings. The second-order valence-electron chi connectivity index (χ2n) is 4.65. The molecule has 0 bridgehead atoms. The highest BCUT2D eigenvalue weighted by Gasteiger charge is 2.16. The summed E-state index contributed by atoms with van der Waals surface area (Å²) in [7, 11) is 4.01. The fourth-order valence-electron chi connectivity index (χ4n) is 2.01. The summed E-state index contributed by atoms with van der Waals surface area (Å²) >= 11 is 1.69. The number of nitrogens with zero attached hydrogens (tertiary/aromatic N) is 2. The standard InChI is InChI=1S/C15H16FN3S/c1-19(2)14(15-7-4-8-20-15)10-18-13-6-3-5-12(16)11(13)9-17/h3-8,14,18H,10H2,1-2H3. The third-order valence-electron chi connectivity index (χ3n) is 3.11. The quantitative estimate of drug-likeness (QED) is 0.916. The predicted octanol–water partition coefficient (Wildman–Crippen LogP) is 3.47. The first kappa shape index (κ1) is 14.5. The van der Waals surface area contributed by atoms with Crippen molar-refractivity contribution in [2.45, 2.75) is 6.04 Å². The number of hydrogen-bond donors (Lipinski definition) is 1. The lowest BCUT2D eigenvalue weighted by Gasteiger charge is -2.24. The molecule has 2 rings (SSSR count). The van der Waals surface area contributed by atoms with Crippen LogP contribution in [0, 0.1) is 17.1 Å². The van der Waals surface area contributed by atoms with E-state index in [1.165, 1.54) is 10.9 Å². The second-order valence-corrected chi connectivity index (χ2v) is 5.63. The molecule has 0 aliphatic heterocycles. The molecule has 1 heterocycles. The van der Waals surface area contributed by atoms with Gasteiger partial charge in [-0.3, -0.25) is 0 Å². The number of likely N-dealkylation sites (N-methyl/N-ethyl adjacent to an activating group) is 1. The molecule has 0 aliphatic carbocycles. The summed E-state index contributed by atoms with van der Waals surface area (Å²) in [5.41, 5.74) is 0.604. The van der Waals surface area contributed by atoms with E-state index in [1.54, 1.807) is 23.5 Å². The average molecular weight is 289 g/mol. The lowest BCUT2D eigenvalue weighted by atomic mass is 10.1. The molecule has 3 nitrogen and oxygen atoms in total. The number of thiophene rings is 1. The minimum atomic E-state index is -0.491. The van der Waals surface area contributed by atoms with Crippen LogP contribution < -0.4 is 5.32 Å². The van der Waals surface area contributed by atoms with Crippen molar-refractivity contribution in [2.75, 3.05) is 26.0 Å². The van der Waals surface area contributed by atoms with Gasteiger partial charge in [-0.15, -0.1) is 11.3 Å². The van der Waals surface area contributed by atoms with Crippen LogP contribution in [-0.4, -0.2) is 25.5 Å². The van der Waals surface area contributed by atoms with Crippen LogP contribution in [0.3, 0.4) is 0 Å². The van der Waals surface area contributed by atoms with Crippen molar-refractivity contribution in [1.82, 2.24) is 4.90 Å². The van der Waals surface area contributed by atoms with Crippen molar-refractivity contribution in [3.63, 3.8) is 0 Å². The van der Waals surface area contributed by atoms with Crippen LogP contribution in [-0.2, 0) is 0 Å². The molecular weight excluding hydrogens is 273 g/mol. The molecule has 104 valence electrons. The van der Waals surface area contributed by atoms with Crippen molar-refractivity contribution >= 4 is 17.0 Å². The van der Waals surface area contributed by atoms with Gasteiger partial charge in [0, 0.05) is 11.4 Å². The summed E-state index contributed by atoms with van der Waals surface area (Å²) in [4.78, 5) is 3.34. The fourth-order valence-corrected chi connectivity index (χ4v) is 2.93. The van der Waals surface area contributed by atoms with Crippen LogP contribution in [0.25, 0.3) is 0 Å². The average Bonchev–Trinajstić information content (AvgIpc) is 2.92. The monoisotopic (exact) mass is 289 g/mol. The van der Waals surface area contributed by atoms with Crippen molar-refractivity contribution in [3.8, 4) is 6.07 Å². The first-order valence-electron chi connectivity index (χ1n) is 6.25. The van der Waals surface area contributed by atoms with E-state index in [4.69, 9.17) is 5.26 Å². The Hall–Kier alpha value is -1.90. The van der Waals surface area contributed by atoms with Gasteiger partial charge in [-0.05, 0) is 37.7 Å². The lowest BCUT2D eigenvalue weighted by molar-refractivity contribution is 0.316. The summed E-state index contributed by atoms with van der Waals surface area (Å²) in [5.74, 6) is -0.491.